The second-order valence-electron chi connectivity index (χ2n) is 4.10. The lowest BCUT2D eigenvalue weighted by atomic mass is 10.2. The minimum atomic E-state index is 0.432. The summed E-state index contributed by atoms with van der Waals surface area (Å²) in [7, 11) is 0. The van der Waals surface area contributed by atoms with Crippen LogP contribution in [0.3, 0.4) is 0 Å². The quantitative estimate of drug-likeness (QED) is 0.602. The van der Waals surface area contributed by atoms with E-state index < -0.39 is 0 Å². The third-order valence-corrected chi connectivity index (χ3v) is 2.69. The van der Waals surface area contributed by atoms with Gasteiger partial charge in [0.05, 0.1) is 10.9 Å². The van der Waals surface area contributed by atoms with Crippen LogP contribution in [0.5, 0.6) is 0 Å². The van der Waals surface area contributed by atoms with Gasteiger partial charge in [-0.25, -0.2) is 15.0 Å². The number of nitrogen functional groups attached to an aromatic ring is 2. The average molecular weight is 252 g/mol. The van der Waals surface area contributed by atoms with Crippen LogP contribution in [0, 0.1) is 0 Å². The molecule has 0 amide bonds. The Balaban J connectivity index is 2.06. The molecule has 6 nitrogen and oxygen atoms in total. The van der Waals surface area contributed by atoms with Crippen LogP contribution in [0.25, 0.3) is 10.9 Å². The second kappa shape index (κ2) is 4.41. The molecule has 94 valence electrons. The first-order valence-electron chi connectivity index (χ1n) is 5.71. The Labute approximate surface area is 109 Å². The molecule has 1 aromatic carbocycles. The molecule has 5 N–H and O–H groups in total. The molecule has 0 saturated carbocycles. The van der Waals surface area contributed by atoms with Gasteiger partial charge < -0.3 is 16.8 Å². The molecule has 0 aliphatic carbocycles. The third kappa shape index (κ3) is 2.23. The number of nitrogens with one attached hydrogen (secondary N) is 1. The van der Waals surface area contributed by atoms with Gasteiger partial charge in [-0.05, 0) is 18.2 Å². The van der Waals surface area contributed by atoms with Crippen molar-refractivity contribution in [2.45, 2.75) is 0 Å². The minimum Gasteiger partial charge on any atom is -0.399 e. The van der Waals surface area contributed by atoms with Gasteiger partial charge in [0, 0.05) is 23.6 Å². The van der Waals surface area contributed by atoms with E-state index >= 15 is 0 Å². The number of benzene rings is 1. The van der Waals surface area contributed by atoms with Gasteiger partial charge in [-0.15, -0.1) is 0 Å². The standard InChI is InChI=1S/C13H12N6/c14-8-2-1-3-9(4-8)19-13-10-6-16-12(15)5-11(10)17-7-18-13/h1-7H,14H2,(H2,15,16)(H,17,18,19). The fourth-order valence-electron chi connectivity index (χ4n) is 1.82. The lowest BCUT2D eigenvalue weighted by Crippen LogP contribution is -1.98. The number of hydrogen-bond acceptors (Lipinski definition) is 6. The fourth-order valence-corrected chi connectivity index (χ4v) is 1.82. The van der Waals surface area contributed by atoms with E-state index in [0.29, 0.717) is 17.3 Å². The van der Waals surface area contributed by atoms with Gasteiger partial charge in [0.15, 0.2) is 0 Å². The number of hydrogen-bond donors (Lipinski definition) is 3. The van der Waals surface area contributed by atoms with Crippen molar-refractivity contribution in [1.82, 2.24) is 15.0 Å². The first-order chi connectivity index (χ1) is 9.22. The van der Waals surface area contributed by atoms with Crippen molar-refractivity contribution in [1.29, 1.82) is 0 Å². The van der Waals surface area contributed by atoms with Crippen molar-refractivity contribution >= 4 is 33.9 Å². The summed E-state index contributed by atoms with van der Waals surface area (Å²) in [6, 6.07) is 9.15. The molecule has 3 rings (SSSR count). The zero-order valence-corrected chi connectivity index (χ0v) is 10.0. The molecule has 2 heterocycles. The Hall–Kier alpha value is -2.89. The Morgan fingerprint density at radius 2 is 1.89 bits per heavy atom. The Morgan fingerprint density at radius 3 is 2.74 bits per heavy atom. The van der Waals surface area contributed by atoms with Crippen LogP contribution < -0.4 is 16.8 Å². The highest BCUT2D eigenvalue weighted by Crippen LogP contribution is 2.23. The SMILES string of the molecule is Nc1cccc(Nc2ncnc3cc(N)ncc23)c1. The lowest BCUT2D eigenvalue weighted by Gasteiger charge is -2.08. The van der Waals surface area contributed by atoms with E-state index in [1.165, 1.54) is 6.33 Å². The normalized spacial score (nSPS) is 10.5. The Morgan fingerprint density at radius 1 is 1.00 bits per heavy atom. The molecule has 0 unspecified atom stereocenters. The van der Waals surface area contributed by atoms with Gasteiger partial charge in [-0.2, -0.15) is 0 Å². The second-order valence-corrected chi connectivity index (χ2v) is 4.10. The Bertz CT molecular complexity index is 740. The van der Waals surface area contributed by atoms with Gasteiger partial charge in [-0.1, -0.05) is 6.07 Å². The number of nitrogens with two attached hydrogens (primary N) is 2. The molecule has 2 aromatic heterocycles. The van der Waals surface area contributed by atoms with E-state index in [2.05, 4.69) is 20.3 Å². The number of fused-ring (bicyclic) bond motifs is 1. The monoisotopic (exact) mass is 252 g/mol. The summed E-state index contributed by atoms with van der Waals surface area (Å²) in [6.45, 7) is 0. The van der Waals surface area contributed by atoms with Crippen LogP contribution in [0.4, 0.5) is 23.0 Å². The molecule has 0 radical (unpaired) electrons. The molecule has 0 spiro atoms. The summed E-state index contributed by atoms with van der Waals surface area (Å²) >= 11 is 0. The lowest BCUT2D eigenvalue weighted by molar-refractivity contribution is 1.21. The molecule has 0 fully saturated rings. The first kappa shape index (κ1) is 11.2. The molecule has 0 atom stereocenters. The molecule has 3 aromatic rings. The number of nitrogens with zero attached hydrogens (tertiary/aromatic N) is 3. The van der Waals surface area contributed by atoms with E-state index in [1.807, 2.05) is 24.3 Å². The maximum Gasteiger partial charge on any atom is 0.143 e. The molecular weight excluding hydrogens is 240 g/mol. The third-order valence-electron chi connectivity index (χ3n) is 2.69. The predicted octanol–water partition coefficient (Wildman–Crippen LogP) is 1.93. The van der Waals surface area contributed by atoms with Crippen LogP contribution in [0.1, 0.15) is 0 Å². The predicted molar refractivity (Wildman–Crippen MR) is 75.9 cm³/mol. The molecule has 0 bridgehead atoms. The van der Waals surface area contributed by atoms with Gasteiger partial charge in [0.2, 0.25) is 0 Å². The minimum absolute atomic E-state index is 0.432. The molecule has 0 saturated heterocycles. The highest BCUT2D eigenvalue weighted by atomic mass is 15.0. The van der Waals surface area contributed by atoms with Gasteiger partial charge >= 0.3 is 0 Å². The number of aromatic nitrogens is 3. The maximum atomic E-state index is 5.74. The van der Waals surface area contributed by atoms with Crippen LogP contribution in [-0.4, -0.2) is 15.0 Å². The number of rotatable bonds is 2. The summed E-state index contributed by atoms with van der Waals surface area (Å²) < 4.78 is 0. The van der Waals surface area contributed by atoms with Crippen LogP contribution in [0.15, 0.2) is 42.9 Å². The van der Waals surface area contributed by atoms with E-state index in [1.54, 1.807) is 12.3 Å². The zero-order valence-electron chi connectivity index (χ0n) is 10.0. The molecule has 19 heavy (non-hydrogen) atoms. The van der Waals surface area contributed by atoms with Crippen molar-refractivity contribution in [2.24, 2.45) is 0 Å². The van der Waals surface area contributed by atoms with Crippen LogP contribution >= 0.6 is 0 Å². The maximum absolute atomic E-state index is 5.74. The summed E-state index contributed by atoms with van der Waals surface area (Å²) in [5.41, 5.74) is 13.7. The van der Waals surface area contributed by atoms with Crippen LogP contribution in [0.2, 0.25) is 0 Å². The fraction of sp³-hybridized carbons (Fsp3) is 0. The topological polar surface area (TPSA) is 103 Å². The van der Waals surface area contributed by atoms with Gasteiger partial charge in [0.1, 0.15) is 18.0 Å². The van der Waals surface area contributed by atoms with Crippen molar-refractivity contribution < 1.29 is 0 Å². The van der Waals surface area contributed by atoms with E-state index in [-0.39, 0.29) is 0 Å². The van der Waals surface area contributed by atoms with Gasteiger partial charge in [0.25, 0.3) is 0 Å². The summed E-state index contributed by atoms with van der Waals surface area (Å²) in [6.07, 6.45) is 3.13. The van der Waals surface area contributed by atoms with Crippen molar-refractivity contribution in [3.8, 4) is 0 Å². The van der Waals surface area contributed by atoms with Crippen molar-refractivity contribution in [2.75, 3.05) is 16.8 Å². The van der Waals surface area contributed by atoms with Gasteiger partial charge in [-0.3, -0.25) is 0 Å². The highest BCUT2D eigenvalue weighted by molar-refractivity contribution is 5.91. The number of pyridine rings is 1. The average Bonchev–Trinajstić information content (AvgIpc) is 2.38. The first-order valence-corrected chi connectivity index (χ1v) is 5.71. The highest BCUT2D eigenvalue weighted by Gasteiger charge is 2.05. The summed E-state index contributed by atoms with van der Waals surface area (Å²) in [5, 5.41) is 4.00. The van der Waals surface area contributed by atoms with E-state index in [9.17, 15) is 0 Å². The molecule has 0 aliphatic rings. The van der Waals surface area contributed by atoms with E-state index in [0.717, 1.165) is 16.6 Å². The zero-order chi connectivity index (χ0) is 13.2. The summed E-state index contributed by atoms with van der Waals surface area (Å²) in [4.78, 5) is 12.4. The Kier molecular flexibility index (Phi) is 2.60. The van der Waals surface area contributed by atoms with E-state index in [4.69, 9.17) is 11.5 Å². The largest absolute Gasteiger partial charge is 0.399 e. The smallest absolute Gasteiger partial charge is 0.143 e. The number of anilines is 4. The van der Waals surface area contributed by atoms with Crippen molar-refractivity contribution in [3.63, 3.8) is 0 Å². The van der Waals surface area contributed by atoms with Crippen molar-refractivity contribution in [3.05, 3.63) is 42.9 Å². The van der Waals surface area contributed by atoms with Crippen LogP contribution in [-0.2, 0) is 0 Å². The summed E-state index contributed by atoms with van der Waals surface area (Å²) in [5.74, 6) is 1.10. The molecule has 6 heteroatoms. The molecular formula is C13H12N6. The molecule has 0 aliphatic heterocycles.